The Morgan fingerprint density at radius 1 is 1.47 bits per heavy atom. The maximum Gasteiger partial charge on any atom is 0.232 e. The lowest BCUT2D eigenvalue weighted by Gasteiger charge is -2.23. The number of aryl methyl sites for hydroxylation is 2. The molecule has 0 aromatic heterocycles. The first-order chi connectivity index (χ1) is 9.08. The van der Waals surface area contributed by atoms with Crippen LogP contribution in [0.2, 0.25) is 0 Å². The van der Waals surface area contributed by atoms with Gasteiger partial charge in [-0.1, -0.05) is 17.7 Å². The van der Waals surface area contributed by atoms with Gasteiger partial charge in [0, 0.05) is 24.5 Å². The highest BCUT2D eigenvalue weighted by molar-refractivity contribution is 8.00. The number of hydrogen-bond acceptors (Lipinski definition) is 3. The van der Waals surface area contributed by atoms with E-state index in [0.717, 1.165) is 19.5 Å². The molecule has 1 aliphatic heterocycles. The summed E-state index contributed by atoms with van der Waals surface area (Å²) >= 11 is 1.64. The number of nitrogens with zero attached hydrogens (tertiary/aromatic N) is 1. The topological polar surface area (TPSA) is 32.3 Å². The average molecular weight is 278 g/mol. The van der Waals surface area contributed by atoms with Crippen molar-refractivity contribution in [1.82, 2.24) is 10.2 Å². The van der Waals surface area contributed by atoms with Gasteiger partial charge >= 0.3 is 0 Å². The first-order valence-corrected chi connectivity index (χ1v) is 7.73. The van der Waals surface area contributed by atoms with E-state index in [4.69, 9.17) is 0 Å². The predicted molar refractivity (Wildman–Crippen MR) is 80.7 cm³/mol. The second-order valence-electron chi connectivity index (χ2n) is 5.21. The van der Waals surface area contributed by atoms with Gasteiger partial charge in [-0.15, -0.1) is 11.8 Å². The van der Waals surface area contributed by atoms with Crippen LogP contribution in [0.3, 0.4) is 0 Å². The van der Waals surface area contributed by atoms with Crippen molar-refractivity contribution < 1.29 is 4.79 Å². The quantitative estimate of drug-likeness (QED) is 0.857. The normalized spacial score (nSPS) is 18.6. The molecule has 1 aromatic carbocycles. The number of carbonyl (C=O) groups excluding carboxylic acids is 1. The molecule has 0 spiro atoms. The Morgan fingerprint density at radius 3 is 2.95 bits per heavy atom. The summed E-state index contributed by atoms with van der Waals surface area (Å²) in [4.78, 5) is 15.3. The number of amides is 1. The number of nitrogens with one attached hydrogen (secondary N) is 1. The Kier molecular flexibility index (Phi) is 4.88. The van der Waals surface area contributed by atoms with Gasteiger partial charge < -0.3 is 10.2 Å². The summed E-state index contributed by atoms with van der Waals surface area (Å²) in [5.41, 5.74) is 2.49. The minimum atomic E-state index is 0.222. The first-order valence-electron chi connectivity index (χ1n) is 6.74. The van der Waals surface area contributed by atoms with E-state index in [2.05, 4.69) is 37.4 Å². The van der Waals surface area contributed by atoms with Gasteiger partial charge in [-0.3, -0.25) is 4.79 Å². The molecule has 19 heavy (non-hydrogen) atoms. The van der Waals surface area contributed by atoms with Crippen molar-refractivity contribution >= 4 is 17.7 Å². The number of thioether (sulfide) groups is 1. The van der Waals surface area contributed by atoms with Crippen LogP contribution < -0.4 is 5.32 Å². The summed E-state index contributed by atoms with van der Waals surface area (Å²) < 4.78 is 0. The molecule has 1 unspecified atom stereocenters. The molecule has 4 heteroatoms. The maximum atomic E-state index is 12.2. The lowest BCUT2D eigenvalue weighted by molar-refractivity contribution is -0.128. The second-order valence-corrected chi connectivity index (χ2v) is 6.23. The molecule has 3 nitrogen and oxygen atoms in total. The molecule has 0 saturated carbocycles. The second kappa shape index (κ2) is 6.44. The number of hydrogen-bond donors (Lipinski definition) is 1. The van der Waals surface area contributed by atoms with Gasteiger partial charge in [0.05, 0.1) is 5.75 Å². The van der Waals surface area contributed by atoms with Crippen molar-refractivity contribution in [2.75, 3.05) is 25.9 Å². The summed E-state index contributed by atoms with van der Waals surface area (Å²) in [5.74, 6) is 0.747. The zero-order chi connectivity index (χ0) is 13.8. The van der Waals surface area contributed by atoms with E-state index in [1.54, 1.807) is 11.8 Å². The van der Waals surface area contributed by atoms with Gasteiger partial charge in [-0.25, -0.2) is 0 Å². The molecule has 0 bridgehead atoms. The third-order valence-corrected chi connectivity index (χ3v) is 4.81. The van der Waals surface area contributed by atoms with Crippen molar-refractivity contribution in [1.29, 1.82) is 0 Å². The minimum absolute atomic E-state index is 0.222. The van der Waals surface area contributed by atoms with Crippen LogP contribution in [-0.2, 0) is 4.79 Å². The van der Waals surface area contributed by atoms with E-state index in [0.29, 0.717) is 11.8 Å². The Hall–Kier alpha value is -1.00. The Morgan fingerprint density at radius 2 is 2.26 bits per heavy atom. The van der Waals surface area contributed by atoms with E-state index >= 15 is 0 Å². The van der Waals surface area contributed by atoms with Gasteiger partial charge in [-0.05, 0) is 38.4 Å². The molecule has 1 amide bonds. The molecule has 1 N–H and O–H groups in total. The molecule has 0 aliphatic carbocycles. The summed E-state index contributed by atoms with van der Waals surface area (Å²) in [5, 5.41) is 3.30. The third-order valence-electron chi connectivity index (χ3n) is 3.67. The summed E-state index contributed by atoms with van der Waals surface area (Å²) in [6, 6.07) is 6.75. The molecule has 104 valence electrons. The molecule has 1 fully saturated rings. The summed E-state index contributed by atoms with van der Waals surface area (Å²) in [6.45, 7) is 6.13. The van der Waals surface area contributed by atoms with E-state index in [1.165, 1.54) is 16.0 Å². The molecular weight excluding hydrogens is 256 g/mol. The van der Waals surface area contributed by atoms with Crippen LogP contribution in [0, 0.1) is 13.8 Å². The Balaban J connectivity index is 1.90. The predicted octanol–water partition coefficient (Wildman–Crippen LogP) is 2.22. The van der Waals surface area contributed by atoms with Gasteiger partial charge in [0.2, 0.25) is 5.91 Å². The van der Waals surface area contributed by atoms with Crippen LogP contribution >= 0.6 is 11.8 Å². The highest BCUT2D eigenvalue weighted by atomic mass is 32.2. The maximum absolute atomic E-state index is 12.2. The van der Waals surface area contributed by atoms with Gasteiger partial charge in [-0.2, -0.15) is 0 Å². The van der Waals surface area contributed by atoms with Crippen LogP contribution in [-0.4, -0.2) is 42.7 Å². The third kappa shape index (κ3) is 3.74. The molecule has 1 saturated heterocycles. The molecule has 0 radical (unpaired) electrons. The van der Waals surface area contributed by atoms with Crippen LogP contribution in [0.25, 0.3) is 0 Å². The summed E-state index contributed by atoms with van der Waals surface area (Å²) in [7, 11) is 1.92. The first kappa shape index (κ1) is 14.4. The molecule has 2 rings (SSSR count). The van der Waals surface area contributed by atoms with Crippen LogP contribution in [0.5, 0.6) is 0 Å². The van der Waals surface area contributed by atoms with Gasteiger partial charge in [0.25, 0.3) is 0 Å². The number of rotatable bonds is 4. The number of likely N-dealkylation sites (N-methyl/N-ethyl adjacent to an activating group) is 1. The fourth-order valence-corrected chi connectivity index (χ4v) is 3.33. The zero-order valence-corrected chi connectivity index (χ0v) is 12.7. The van der Waals surface area contributed by atoms with Crippen molar-refractivity contribution in [3.8, 4) is 0 Å². The van der Waals surface area contributed by atoms with Crippen LogP contribution in [0.15, 0.2) is 23.1 Å². The Labute approximate surface area is 119 Å². The highest BCUT2D eigenvalue weighted by Crippen LogP contribution is 2.24. The van der Waals surface area contributed by atoms with E-state index in [1.807, 2.05) is 11.9 Å². The fraction of sp³-hybridized carbons (Fsp3) is 0.533. The lowest BCUT2D eigenvalue weighted by atomic mass is 10.2. The fourth-order valence-electron chi connectivity index (χ4n) is 2.28. The lowest BCUT2D eigenvalue weighted by Crippen LogP contribution is -2.39. The molecule has 1 heterocycles. The largest absolute Gasteiger partial charge is 0.341 e. The minimum Gasteiger partial charge on any atom is -0.341 e. The summed E-state index contributed by atoms with van der Waals surface area (Å²) in [6.07, 6.45) is 1.07. The van der Waals surface area contributed by atoms with Crippen molar-refractivity contribution in [2.45, 2.75) is 31.2 Å². The molecule has 1 aliphatic rings. The van der Waals surface area contributed by atoms with Crippen LogP contribution in [0.1, 0.15) is 17.5 Å². The van der Waals surface area contributed by atoms with Gasteiger partial charge in [0.15, 0.2) is 0 Å². The molecule has 1 atom stereocenters. The number of carbonyl (C=O) groups is 1. The standard InChI is InChI=1S/C15H22N2OS/c1-11-4-5-12(2)14(8-11)19-10-15(18)17(3)13-6-7-16-9-13/h4-5,8,13,16H,6-7,9-10H2,1-3H3. The SMILES string of the molecule is Cc1ccc(C)c(SCC(=O)N(C)C2CCNC2)c1. The van der Waals surface area contributed by atoms with E-state index < -0.39 is 0 Å². The smallest absolute Gasteiger partial charge is 0.232 e. The van der Waals surface area contributed by atoms with Gasteiger partial charge in [0.1, 0.15) is 0 Å². The average Bonchev–Trinajstić information content (AvgIpc) is 2.92. The van der Waals surface area contributed by atoms with E-state index in [9.17, 15) is 4.79 Å². The molecule has 1 aromatic rings. The van der Waals surface area contributed by atoms with Crippen molar-refractivity contribution in [2.24, 2.45) is 0 Å². The van der Waals surface area contributed by atoms with Crippen molar-refractivity contribution in [3.63, 3.8) is 0 Å². The van der Waals surface area contributed by atoms with E-state index in [-0.39, 0.29) is 5.91 Å². The van der Waals surface area contributed by atoms with Crippen LogP contribution in [0.4, 0.5) is 0 Å². The highest BCUT2D eigenvalue weighted by Gasteiger charge is 2.22. The molecular formula is C15H22N2OS. The Bertz CT molecular complexity index is 455. The monoisotopic (exact) mass is 278 g/mol. The zero-order valence-electron chi connectivity index (χ0n) is 11.9. The number of benzene rings is 1. The van der Waals surface area contributed by atoms with Crippen molar-refractivity contribution in [3.05, 3.63) is 29.3 Å².